The SMILES string of the molecule is [2H]C([2H])([2H])C(C)C[C@@H](NC=O)C(=O)O[C@H](CCCCCCCCCCC)C[C@@H](O)[C@@H](CCCCCC)C(=O)O. The molecule has 0 aliphatic rings. The minimum absolute atomic E-state index is 0.0177. The third-order valence-electron chi connectivity index (χ3n) is 6.71. The Morgan fingerprint density at radius 2 is 1.42 bits per heavy atom. The van der Waals surface area contributed by atoms with E-state index in [0.717, 1.165) is 44.9 Å². The van der Waals surface area contributed by atoms with Crippen LogP contribution in [-0.4, -0.2) is 46.8 Å². The number of carbonyl (C=O) groups is 3. The third kappa shape index (κ3) is 17.7. The van der Waals surface area contributed by atoms with Crippen LogP contribution in [0.15, 0.2) is 0 Å². The van der Waals surface area contributed by atoms with E-state index in [9.17, 15) is 24.6 Å². The van der Waals surface area contributed by atoms with Gasteiger partial charge in [-0.3, -0.25) is 9.59 Å². The van der Waals surface area contributed by atoms with Crippen LogP contribution in [0.1, 0.15) is 141 Å². The zero-order chi connectivity index (χ0) is 29.7. The fourth-order valence-corrected chi connectivity index (χ4v) is 4.53. The minimum atomic E-state index is -2.29. The van der Waals surface area contributed by atoms with E-state index in [1.54, 1.807) is 0 Å². The lowest BCUT2D eigenvalue weighted by Crippen LogP contribution is -2.41. The van der Waals surface area contributed by atoms with Crippen molar-refractivity contribution < 1.29 is 33.4 Å². The number of rotatable bonds is 25. The number of amides is 1. The molecule has 212 valence electrons. The number of hydrogen-bond donors (Lipinski definition) is 3. The summed E-state index contributed by atoms with van der Waals surface area (Å²) in [7, 11) is 0. The molecule has 36 heavy (non-hydrogen) atoms. The molecule has 0 saturated heterocycles. The van der Waals surface area contributed by atoms with Crippen LogP contribution in [0.5, 0.6) is 0 Å². The van der Waals surface area contributed by atoms with Gasteiger partial charge in [0.05, 0.1) is 12.0 Å². The minimum Gasteiger partial charge on any atom is -0.481 e. The number of nitrogens with one attached hydrogen (secondary N) is 1. The predicted molar refractivity (Wildman–Crippen MR) is 145 cm³/mol. The summed E-state index contributed by atoms with van der Waals surface area (Å²) in [5.74, 6) is -3.63. The molecule has 0 fully saturated rings. The highest BCUT2D eigenvalue weighted by Gasteiger charge is 2.31. The van der Waals surface area contributed by atoms with E-state index in [1.807, 2.05) is 0 Å². The number of carbonyl (C=O) groups excluding carboxylic acids is 2. The molecule has 0 heterocycles. The summed E-state index contributed by atoms with van der Waals surface area (Å²) < 4.78 is 28.4. The molecule has 0 aromatic carbocycles. The van der Waals surface area contributed by atoms with Gasteiger partial charge in [-0.05, 0) is 31.6 Å². The van der Waals surface area contributed by atoms with Crippen molar-refractivity contribution >= 4 is 18.3 Å². The maximum Gasteiger partial charge on any atom is 0.328 e. The highest BCUT2D eigenvalue weighted by molar-refractivity contribution is 5.78. The number of aliphatic hydroxyl groups excluding tert-OH is 1. The average molecular weight is 517 g/mol. The highest BCUT2D eigenvalue weighted by atomic mass is 16.5. The first-order chi connectivity index (χ1) is 18.5. The maximum atomic E-state index is 13.0. The molecule has 3 N–H and O–H groups in total. The molecular weight excluding hydrogens is 458 g/mol. The number of hydrogen-bond acceptors (Lipinski definition) is 5. The van der Waals surface area contributed by atoms with Gasteiger partial charge in [-0.1, -0.05) is 105 Å². The maximum absolute atomic E-state index is 13.0. The molecule has 0 aliphatic carbocycles. The summed E-state index contributed by atoms with van der Waals surface area (Å²) in [6.45, 7) is 3.46. The fourth-order valence-electron chi connectivity index (χ4n) is 4.53. The van der Waals surface area contributed by atoms with Crippen LogP contribution in [-0.2, 0) is 19.1 Å². The standard InChI is InChI=1S/C29H55NO6/c1-5-7-9-11-12-13-14-15-16-18-24(36-29(35)26(30-22-31)20-23(3)4)21-27(32)25(28(33)34)19-17-10-8-6-2/h22-27,32H,5-21H2,1-4H3,(H,30,31)(H,33,34)/t24-,25-,26-,27-/m1/s1/i3D3/t23?,24-,25-,26-,27-. The first kappa shape index (κ1) is 28.9. The van der Waals surface area contributed by atoms with E-state index >= 15 is 0 Å². The summed E-state index contributed by atoms with van der Waals surface area (Å²) in [6, 6.07) is -1.13. The van der Waals surface area contributed by atoms with Crippen molar-refractivity contribution in [2.75, 3.05) is 0 Å². The Hall–Kier alpha value is -1.63. The molecule has 0 aliphatic heterocycles. The molecule has 7 heteroatoms. The van der Waals surface area contributed by atoms with E-state index in [0.29, 0.717) is 25.7 Å². The fraction of sp³-hybridized carbons (Fsp3) is 0.897. The van der Waals surface area contributed by atoms with Crippen LogP contribution in [0.4, 0.5) is 0 Å². The molecule has 0 radical (unpaired) electrons. The topological polar surface area (TPSA) is 113 Å². The zero-order valence-electron chi connectivity index (χ0n) is 26.0. The number of esters is 1. The summed E-state index contributed by atoms with van der Waals surface area (Å²) in [5, 5.41) is 22.9. The van der Waals surface area contributed by atoms with Gasteiger partial charge in [-0.15, -0.1) is 0 Å². The van der Waals surface area contributed by atoms with E-state index in [4.69, 9.17) is 8.85 Å². The molecule has 1 amide bonds. The van der Waals surface area contributed by atoms with Crippen molar-refractivity contribution in [2.45, 2.75) is 155 Å². The lowest BCUT2D eigenvalue weighted by atomic mass is 9.90. The highest BCUT2D eigenvalue weighted by Crippen LogP contribution is 2.23. The van der Waals surface area contributed by atoms with Gasteiger partial charge < -0.3 is 20.3 Å². The van der Waals surface area contributed by atoms with Crippen LogP contribution in [0.2, 0.25) is 0 Å². The number of aliphatic hydroxyl groups is 1. The molecule has 0 saturated carbocycles. The molecule has 0 aromatic rings. The van der Waals surface area contributed by atoms with E-state index in [1.165, 1.54) is 39.0 Å². The first-order valence-electron chi connectivity index (χ1n) is 15.8. The van der Waals surface area contributed by atoms with Gasteiger partial charge in [-0.25, -0.2) is 4.79 Å². The normalized spacial score (nSPS) is 17.1. The number of carboxylic acids is 1. The number of aliphatic carboxylic acids is 1. The zero-order valence-corrected chi connectivity index (χ0v) is 23.0. The molecule has 0 rings (SSSR count). The van der Waals surface area contributed by atoms with E-state index in [2.05, 4.69) is 19.2 Å². The van der Waals surface area contributed by atoms with Crippen LogP contribution >= 0.6 is 0 Å². The number of ether oxygens (including phenoxy) is 1. The van der Waals surface area contributed by atoms with E-state index in [-0.39, 0.29) is 12.8 Å². The van der Waals surface area contributed by atoms with Crippen molar-refractivity contribution in [3.8, 4) is 0 Å². The Morgan fingerprint density at radius 1 is 0.889 bits per heavy atom. The van der Waals surface area contributed by atoms with Gasteiger partial charge in [-0.2, -0.15) is 0 Å². The van der Waals surface area contributed by atoms with Gasteiger partial charge in [0.1, 0.15) is 12.1 Å². The molecule has 0 bridgehead atoms. The Balaban J connectivity index is 5.23. The molecular formula is C29H55NO6. The smallest absolute Gasteiger partial charge is 0.328 e. The van der Waals surface area contributed by atoms with Crippen LogP contribution in [0.25, 0.3) is 0 Å². The van der Waals surface area contributed by atoms with Crippen LogP contribution in [0.3, 0.4) is 0 Å². The largest absolute Gasteiger partial charge is 0.481 e. The quantitative estimate of drug-likeness (QED) is 0.0735. The van der Waals surface area contributed by atoms with Gasteiger partial charge in [0.2, 0.25) is 6.41 Å². The number of unbranched alkanes of at least 4 members (excludes halogenated alkanes) is 11. The third-order valence-corrected chi connectivity index (χ3v) is 6.71. The van der Waals surface area contributed by atoms with Crippen LogP contribution in [0, 0.1) is 11.8 Å². The summed E-state index contributed by atoms with van der Waals surface area (Å²) in [4.78, 5) is 36.0. The second kappa shape index (κ2) is 22.6. The second-order valence-electron chi connectivity index (χ2n) is 10.2. The molecule has 7 nitrogen and oxygen atoms in total. The molecule has 0 spiro atoms. The Labute approximate surface area is 224 Å². The van der Waals surface area contributed by atoms with Crippen molar-refractivity contribution in [3.63, 3.8) is 0 Å². The molecule has 0 aromatic heterocycles. The van der Waals surface area contributed by atoms with Gasteiger partial charge in [0.25, 0.3) is 0 Å². The second-order valence-corrected chi connectivity index (χ2v) is 10.2. The Kier molecular flexibility index (Phi) is 18.1. The Bertz CT molecular complexity index is 661. The number of carboxylic acid groups (broad SMARTS) is 1. The van der Waals surface area contributed by atoms with Crippen molar-refractivity contribution in [1.29, 1.82) is 0 Å². The summed E-state index contributed by atoms with van der Waals surface area (Å²) >= 11 is 0. The van der Waals surface area contributed by atoms with Crippen molar-refractivity contribution in [2.24, 2.45) is 11.8 Å². The van der Waals surface area contributed by atoms with Crippen molar-refractivity contribution in [3.05, 3.63) is 0 Å². The van der Waals surface area contributed by atoms with Crippen molar-refractivity contribution in [1.82, 2.24) is 5.32 Å². The first-order valence-corrected chi connectivity index (χ1v) is 14.3. The van der Waals surface area contributed by atoms with Gasteiger partial charge in [0.15, 0.2) is 0 Å². The van der Waals surface area contributed by atoms with Gasteiger partial charge >= 0.3 is 11.9 Å². The Morgan fingerprint density at radius 3 is 1.94 bits per heavy atom. The average Bonchev–Trinajstić information content (AvgIpc) is 2.86. The summed E-state index contributed by atoms with van der Waals surface area (Å²) in [6.07, 6.45) is 12.8. The van der Waals surface area contributed by atoms with Crippen LogP contribution < -0.4 is 5.32 Å². The summed E-state index contributed by atoms with van der Waals surface area (Å²) in [5.41, 5.74) is 0. The lowest BCUT2D eigenvalue weighted by molar-refractivity contribution is -0.156. The monoisotopic (exact) mass is 516 g/mol. The lowest BCUT2D eigenvalue weighted by Gasteiger charge is -2.26. The van der Waals surface area contributed by atoms with E-state index < -0.39 is 48.9 Å². The predicted octanol–water partition coefficient (Wildman–Crippen LogP) is 6.40. The van der Waals surface area contributed by atoms with Gasteiger partial charge in [0, 0.05) is 10.5 Å². The molecule has 1 unspecified atom stereocenters. The molecule has 5 atom stereocenters.